The third-order valence-electron chi connectivity index (χ3n) is 16.3. The Morgan fingerprint density at radius 2 is 0.795 bits per heavy atom. The van der Waals surface area contributed by atoms with Crippen LogP contribution in [0.5, 0.6) is 0 Å². The van der Waals surface area contributed by atoms with Crippen molar-refractivity contribution in [2.45, 2.75) is 330 Å². The molecule has 24 heteroatoms. The lowest BCUT2D eigenvalue weighted by atomic mass is 9.84. The molecule has 0 aromatic heterocycles. The van der Waals surface area contributed by atoms with Crippen LogP contribution in [0.3, 0.4) is 0 Å². The minimum atomic E-state index is -5.64. The molecule has 17 atom stereocenters. The molecule has 17 unspecified atom stereocenters. The summed E-state index contributed by atoms with van der Waals surface area (Å²) in [5, 5.41) is 117. The fraction of sp³-hybridized carbons (Fsp3) is 0.966. The molecule has 0 radical (unpaired) electrons. The standard InChI is InChI=1S/C59H111O23P/c1-4-6-8-10-12-13-14-15-16-17-18-19-20-21-27-31-35-45(63)77-41(38-75-44(62)34-30-26-23-22-25-29-33-40(3)32-28-24-11-9-7-5-2)39-76-83(73,74)82-57-55(80-58-53(71)48(66)46(64)42(36-60)78-58)51(69)50(68)52(70)56(57)81-59-54(72)49(67)47(65)43(37-61)79-59/h40-43,46-61,64-72H,4-39H2,1-3H3,(H,73,74). The van der Waals surface area contributed by atoms with Crippen LogP contribution in [0.15, 0.2) is 0 Å². The molecule has 3 fully saturated rings. The second-order valence-corrected chi connectivity index (χ2v) is 25.0. The van der Waals surface area contributed by atoms with Gasteiger partial charge in [-0.05, 0) is 18.8 Å². The van der Waals surface area contributed by atoms with E-state index in [1.54, 1.807) is 0 Å². The minimum Gasteiger partial charge on any atom is -0.462 e. The Morgan fingerprint density at radius 3 is 1.18 bits per heavy atom. The lowest BCUT2D eigenvalue weighted by molar-refractivity contribution is -0.360. The molecule has 1 saturated carbocycles. The van der Waals surface area contributed by atoms with Gasteiger partial charge in [-0.25, -0.2) is 4.57 Å². The third-order valence-corrected chi connectivity index (χ3v) is 17.3. The summed E-state index contributed by atoms with van der Waals surface area (Å²) in [7, 11) is -5.64. The monoisotopic (exact) mass is 1220 g/mol. The molecular weight excluding hydrogens is 1110 g/mol. The fourth-order valence-corrected chi connectivity index (χ4v) is 11.9. The molecule has 12 N–H and O–H groups in total. The van der Waals surface area contributed by atoms with Crippen molar-refractivity contribution in [3.05, 3.63) is 0 Å². The molecule has 0 aromatic rings. The Hall–Kier alpha value is -1.55. The molecule has 0 spiro atoms. The zero-order valence-corrected chi connectivity index (χ0v) is 51.0. The zero-order chi connectivity index (χ0) is 61.2. The number of phosphoric ester groups is 1. The number of carbonyl (C=O) groups is 2. The van der Waals surface area contributed by atoms with Gasteiger partial charge in [-0.1, -0.05) is 201 Å². The van der Waals surface area contributed by atoms with Crippen LogP contribution < -0.4 is 0 Å². The van der Waals surface area contributed by atoms with E-state index >= 15 is 0 Å². The average Bonchev–Trinajstić information content (AvgIpc) is 2.74. The molecule has 3 aliphatic rings. The highest BCUT2D eigenvalue weighted by molar-refractivity contribution is 7.47. The zero-order valence-electron chi connectivity index (χ0n) is 50.2. The lowest BCUT2D eigenvalue weighted by Crippen LogP contribution is -2.69. The first kappa shape index (κ1) is 75.7. The Kier molecular flexibility index (Phi) is 39.4. The molecule has 1 aliphatic carbocycles. The smallest absolute Gasteiger partial charge is 0.462 e. The van der Waals surface area contributed by atoms with Crippen LogP contribution in [-0.2, 0) is 51.6 Å². The van der Waals surface area contributed by atoms with Crippen LogP contribution in [0.2, 0.25) is 0 Å². The molecule has 3 rings (SSSR count). The van der Waals surface area contributed by atoms with Crippen LogP contribution in [0.25, 0.3) is 0 Å². The Balaban J connectivity index is 1.67. The summed E-state index contributed by atoms with van der Waals surface area (Å²) in [5.41, 5.74) is 0. The van der Waals surface area contributed by atoms with Gasteiger partial charge in [-0.15, -0.1) is 0 Å². The van der Waals surface area contributed by atoms with Crippen molar-refractivity contribution in [1.82, 2.24) is 0 Å². The van der Waals surface area contributed by atoms with Gasteiger partial charge < -0.3 is 89.5 Å². The SMILES string of the molecule is CCCCCCCCCCCCCCCCCCC(=O)OC(COC(=O)CCCCCCCCC(C)CCCCCCCC)COP(=O)(O)OC1C(OC2OC(CO)C(O)C(O)C2O)C(O)C(O)C(O)C1OC1OC(CO)C(O)C(O)C1O. The first-order chi connectivity index (χ1) is 39.8. The van der Waals surface area contributed by atoms with E-state index in [4.69, 9.17) is 37.5 Å². The Labute approximate surface area is 493 Å². The third kappa shape index (κ3) is 28.7. The Bertz CT molecular complexity index is 1670. The van der Waals surface area contributed by atoms with E-state index in [0.717, 1.165) is 64.2 Å². The molecule has 0 aromatic carbocycles. The molecule has 83 heavy (non-hydrogen) atoms. The van der Waals surface area contributed by atoms with Gasteiger partial charge in [0.1, 0.15) is 92.1 Å². The Morgan fingerprint density at radius 1 is 0.446 bits per heavy atom. The predicted octanol–water partition coefficient (Wildman–Crippen LogP) is 5.57. The number of unbranched alkanes of at least 4 members (excludes halogenated alkanes) is 25. The van der Waals surface area contributed by atoms with E-state index in [9.17, 15) is 75.2 Å². The number of hydrogen-bond acceptors (Lipinski definition) is 22. The maximum absolute atomic E-state index is 14.1. The number of hydrogen-bond donors (Lipinski definition) is 12. The highest BCUT2D eigenvalue weighted by Gasteiger charge is 2.58. The van der Waals surface area contributed by atoms with Gasteiger partial charge in [0, 0.05) is 12.8 Å². The van der Waals surface area contributed by atoms with Gasteiger partial charge in [0.25, 0.3) is 0 Å². The first-order valence-electron chi connectivity index (χ1n) is 31.8. The summed E-state index contributed by atoms with van der Waals surface area (Å²) < 4.78 is 58.3. The summed E-state index contributed by atoms with van der Waals surface area (Å²) in [6.07, 6.45) is -0.741. The largest absolute Gasteiger partial charge is 0.472 e. The van der Waals surface area contributed by atoms with Gasteiger partial charge >= 0.3 is 19.8 Å². The number of carbonyl (C=O) groups excluding carboxylic acids is 2. The molecule has 0 bridgehead atoms. The van der Waals surface area contributed by atoms with Crippen LogP contribution in [0, 0.1) is 5.92 Å². The predicted molar refractivity (Wildman–Crippen MR) is 305 cm³/mol. The molecule has 2 heterocycles. The fourth-order valence-electron chi connectivity index (χ4n) is 11.0. The summed E-state index contributed by atoms with van der Waals surface area (Å²) in [5.74, 6) is -0.616. The van der Waals surface area contributed by atoms with Gasteiger partial charge in [-0.3, -0.25) is 18.6 Å². The molecule has 2 saturated heterocycles. The highest BCUT2D eigenvalue weighted by atomic mass is 31.2. The van der Waals surface area contributed by atoms with E-state index in [1.165, 1.54) is 116 Å². The summed E-state index contributed by atoms with van der Waals surface area (Å²) >= 11 is 0. The molecule has 490 valence electrons. The second kappa shape index (κ2) is 43.2. The topological polar surface area (TPSA) is 368 Å². The lowest BCUT2D eigenvalue weighted by Gasteiger charge is -2.49. The van der Waals surface area contributed by atoms with Crippen molar-refractivity contribution in [3.63, 3.8) is 0 Å². The van der Waals surface area contributed by atoms with Crippen LogP contribution in [0.1, 0.15) is 226 Å². The summed E-state index contributed by atoms with van der Waals surface area (Å²) in [6.45, 7) is 3.37. The van der Waals surface area contributed by atoms with Crippen molar-refractivity contribution >= 4 is 19.8 Å². The number of esters is 2. The van der Waals surface area contributed by atoms with E-state index in [0.29, 0.717) is 18.8 Å². The van der Waals surface area contributed by atoms with Crippen molar-refractivity contribution < 1.29 is 113 Å². The molecule has 23 nitrogen and oxygen atoms in total. The number of aliphatic hydroxyl groups is 11. The second-order valence-electron chi connectivity index (χ2n) is 23.6. The van der Waals surface area contributed by atoms with Gasteiger partial charge in [0.05, 0.1) is 19.8 Å². The maximum Gasteiger partial charge on any atom is 0.472 e. The van der Waals surface area contributed by atoms with Crippen LogP contribution in [-0.4, -0.2) is 204 Å². The number of aliphatic hydroxyl groups excluding tert-OH is 11. The molecular formula is C59H111O23P. The normalized spacial score (nSPS) is 30.9. The minimum absolute atomic E-state index is 0.0255. The van der Waals surface area contributed by atoms with Crippen LogP contribution >= 0.6 is 7.82 Å². The number of phosphoric acid groups is 1. The summed E-state index contributed by atoms with van der Waals surface area (Å²) in [4.78, 5) is 37.7. The van der Waals surface area contributed by atoms with Gasteiger partial charge in [0.15, 0.2) is 18.7 Å². The highest BCUT2D eigenvalue weighted by Crippen LogP contribution is 2.49. The number of ether oxygens (including phenoxy) is 6. The van der Waals surface area contributed by atoms with Crippen LogP contribution in [0.4, 0.5) is 0 Å². The number of rotatable bonds is 47. The average molecular weight is 1220 g/mol. The van der Waals surface area contributed by atoms with E-state index in [2.05, 4.69) is 20.8 Å². The first-order valence-corrected chi connectivity index (χ1v) is 33.3. The molecule has 2 aliphatic heterocycles. The summed E-state index contributed by atoms with van der Waals surface area (Å²) in [6, 6.07) is 0. The van der Waals surface area contributed by atoms with E-state index < -0.39 is 150 Å². The van der Waals surface area contributed by atoms with Crippen molar-refractivity contribution in [2.75, 3.05) is 26.4 Å². The quantitative estimate of drug-likeness (QED) is 0.0201. The van der Waals surface area contributed by atoms with E-state index in [1.807, 2.05) is 0 Å². The maximum atomic E-state index is 14.1. The molecule has 0 amide bonds. The van der Waals surface area contributed by atoms with E-state index in [-0.39, 0.29) is 12.8 Å². The van der Waals surface area contributed by atoms with Crippen molar-refractivity contribution in [2.24, 2.45) is 5.92 Å². The van der Waals surface area contributed by atoms with Crippen molar-refractivity contribution in [1.29, 1.82) is 0 Å². The van der Waals surface area contributed by atoms with Gasteiger partial charge in [-0.2, -0.15) is 0 Å². The van der Waals surface area contributed by atoms with Crippen molar-refractivity contribution in [3.8, 4) is 0 Å². The van der Waals surface area contributed by atoms with Gasteiger partial charge in [0.2, 0.25) is 0 Å².